The monoisotopic (exact) mass is 299 g/mol. The van der Waals surface area contributed by atoms with E-state index in [4.69, 9.17) is 5.73 Å². The zero-order valence-electron chi connectivity index (χ0n) is 7.05. The molecule has 0 aromatic carbocycles. The van der Waals surface area contributed by atoms with Gasteiger partial charge in [0.15, 0.2) is 11.6 Å². The van der Waals surface area contributed by atoms with E-state index < -0.39 is 0 Å². The van der Waals surface area contributed by atoms with E-state index in [1.54, 1.807) is 24.7 Å². The maximum atomic E-state index is 5.64. The topological polar surface area (TPSA) is 77.6 Å². The Morgan fingerprint density at radius 2 is 1.79 bits per heavy atom. The Kier molecular flexibility index (Phi) is 2.53. The van der Waals surface area contributed by atoms with Crippen LogP contribution in [0.3, 0.4) is 0 Å². The largest absolute Gasteiger partial charge is 0.383 e. The lowest BCUT2D eigenvalue weighted by atomic mass is 10.5. The number of rotatable bonds is 1. The van der Waals surface area contributed by atoms with Gasteiger partial charge < -0.3 is 5.73 Å². The molecule has 2 aromatic heterocycles. The summed E-state index contributed by atoms with van der Waals surface area (Å²) in [6.07, 6.45) is 4.92. The van der Waals surface area contributed by atoms with Crippen LogP contribution in [0.2, 0.25) is 0 Å². The maximum absolute atomic E-state index is 5.64. The van der Waals surface area contributed by atoms with E-state index in [0.29, 0.717) is 17.5 Å². The highest BCUT2D eigenvalue weighted by Crippen LogP contribution is 2.14. The van der Waals surface area contributed by atoms with Crippen molar-refractivity contribution < 1.29 is 0 Å². The molecule has 5 nitrogen and oxygen atoms in total. The highest BCUT2D eigenvalue weighted by Gasteiger charge is 2.05. The first kappa shape index (κ1) is 9.25. The minimum absolute atomic E-state index is 0.447. The molecule has 0 atom stereocenters. The van der Waals surface area contributed by atoms with E-state index in [1.165, 1.54) is 0 Å². The normalized spacial score (nSPS) is 10.1. The van der Waals surface area contributed by atoms with E-state index in [9.17, 15) is 0 Å². The lowest BCUT2D eigenvalue weighted by Crippen LogP contribution is -2.00. The third kappa shape index (κ3) is 1.79. The quantitative estimate of drug-likeness (QED) is 0.798. The van der Waals surface area contributed by atoms with Crippen molar-refractivity contribution in [1.82, 2.24) is 19.9 Å². The summed E-state index contributed by atoms with van der Waals surface area (Å²) in [4.78, 5) is 16.2. The molecule has 6 heteroatoms. The van der Waals surface area contributed by atoms with Crippen molar-refractivity contribution >= 4 is 28.4 Å². The van der Waals surface area contributed by atoms with Crippen LogP contribution < -0.4 is 5.73 Å². The summed E-state index contributed by atoms with van der Waals surface area (Å²) in [5, 5.41) is 0. The highest BCUT2D eigenvalue weighted by atomic mass is 127. The molecule has 0 aliphatic carbocycles. The summed E-state index contributed by atoms with van der Waals surface area (Å²) in [5.74, 6) is 1.38. The minimum Gasteiger partial charge on any atom is -0.383 e. The number of hydrogen-bond acceptors (Lipinski definition) is 5. The van der Waals surface area contributed by atoms with Gasteiger partial charge in [-0.05, 0) is 28.7 Å². The SMILES string of the molecule is Nc1nc(-c2ncccn2)ncc1I. The average molecular weight is 299 g/mol. The number of hydrogen-bond donors (Lipinski definition) is 1. The van der Waals surface area contributed by atoms with Crippen LogP contribution in [0.1, 0.15) is 0 Å². The lowest BCUT2D eigenvalue weighted by Gasteiger charge is -1.99. The molecule has 2 heterocycles. The van der Waals surface area contributed by atoms with Gasteiger partial charge in [-0.3, -0.25) is 0 Å². The summed E-state index contributed by atoms with van der Waals surface area (Å²) in [6.45, 7) is 0. The average Bonchev–Trinajstić information content (AvgIpc) is 2.23. The van der Waals surface area contributed by atoms with Gasteiger partial charge in [0.05, 0.1) is 3.57 Å². The second kappa shape index (κ2) is 3.82. The zero-order chi connectivity index (χ0) is 9.97. The van der Waals surface area contributed by atoms with Gasteiger partial charge in [-0.25, -0.2) is 19.9 Å². The fourth-order valence-electron chi connectivity index (χ4n) is 0.903. The molecule has 0 unspecified atom stereocenters. The van der Waals surface area contributed by atoms with Crippen LogP contribution in [0.15, 0.2) is 24.7 Å². The van der Waals surface area contributed by atoms with Gasteiger partial charge in [-0.15, -0.1) is 0 Å². The molecule has 0 spiro atoms. The molecule has 0 aliphatic heterocycles. The summed E-state index contributed by atoms with van der Waals surface area (Å²) in [6, 6.07) is 1.74. The summed E-state index contributed by atoms with van der Waals surface area (Å²) < 4.78 is 0.822. The number of anilines is 1. The van der Waals surface area contributed by atoms with Crippen LogP contribution in [-0.4, -0.2) is 19.9 Å². The predicted octanol–water partition coefficient (Wildman–Crippen LogP) is 1.12. The highest BCUT2D eigenvalue weighted by molar-refractivity contribution is 14.1. The van der Waals surface area contributed by atoms with E-state index in [2.05, 4.69) is 42.5 Å². The standard InChI is InChI=1S/C8H6IN5/c9-5-4-13-8(14-6(5)10)7-11-2-1-3-12-7/h1-4H,(H2,10,13,14). The molecule has 2 rings (SSSR count). The maximum Gasteiger partial charge on any atom is 0.199 e. The van der Waals surface area contributed by atoms with Gasteiger partial charge in [-0.1, -0.05) is 0 Å². The smallest absolute Gasteiger partial charge is 0.199 e. The van der Waals surface area contributed by atoms with Crippen LogP contribution >= 0.6 is 22.6 Å². The number of nitrogen functional groups attached to an aromatic ring is 1. The van der Waals surface area contributed by atoms with E-state index in [0.717, 1.165) is 3.57 Å². The van der Waals surface area contributed by atoms with Gasteiger partial charge in [0.1, 0.15) is 5.82 Å². The third-order valence-corrected chi connectivity index (χ3v) is 2.37. The Bertz CT molecular complexity index is 445. The Hall–Kier alpha value is -1.31. The first-order chi connectivity index (χ1) is 6.77. The van der Waals surface area contributed by atoms with E-state index >= 15 is 0 Å². The molecule has 14 heavy (non-hydrogen) atoms. The molecular formula is C8H6IN5. The summed E-state index contributed by atoms with van der Waals surface area (Å²) in [7, 11) is 0. The van der Waals surface area contributed by atoms with Crippen LogP contribution in [-0.2, 0) is 0 Å². The van der Waals surface area contributed by atoms with Crippen LogP contribution in [0.5, 0.6) is 0 Å². The Balaban J connectivity index is 2.48. The molecule has 0 bridgehead atoms. The van der Waals surface area contributed by atoms with E-state index in [-0.39, 0.29) is 0 Å². The number of nitrogens with zero attached hydrogens (tertiary/aromatic N) is 4. The molecule has 0 aliphatic rings. The van der Waals surface area contributed by atoms with Gasteiger partial charge in [0.25, 0.3) is 0 Å². The second-order valence-corrected chi connectivity index (χ2v) is 3.66. The minimum atomic E-state index is 0.447. The van der Waals surface area contributed by atoms with Gasteiger partial charge in [0.2, 0.25) is 0 Å². The Labute approximate surface area is 94.0 Å². The molecule has 2 aromatic rings. The van der Waals surface area contributed by atoms with Crippen LogP contribution in [0.4, 0.5) is 5.82 Å². The molecule has 0 fully saturated rings. The molecule has 2 N–H and O–H groups in total. The van der Waals surface area contributed by atoms with Crippen LogP contribution in [0.25, 0.3) is 11.6 Å². The number of halogens is 1. The zero-order valence-corrected chi connectivity index (χ0v) is 9.21. The van der Waals surface area contributed by atoms with Gasteiger partial charge in [-0.2, -0.15) is 0 Å². The van der Waals surface area contributed by atoms with Crippen molar-refractivity contribution in [3.05, 3.63) is 28.2 Å². The van der Waals surface area contributed by atoms with Crippen molar-refractivity contribution in [3.63, 3.8) is 0 Å². The van der Waals surface area contributed by atoms with Crippen molar-refractivity contribution in [1.29, 1.82) is 0 Å². The first-order valence-corrected chi connectivity index (χ1v) is 4.90. The van der Waals surface area contributed by atoms with Gasteiger partial charge in [0, 0.05) is 18.6 Å². The number of aromatic nitrogens is 4. The van der Waals surface area contributed by atoms with Crippen molar-refractivity contribution in [3.8, 4) is 11.6 Å². The predicted molar refractivity (Wildman–Crippen MR) is 60.2 cm³/mol. The Morgan fingerprint density at radius 1 is 1.07 bits per heavy atom. The first-order valence-electron chi connectivity index (χ1n) is 3.83. The Morgan fingerprint density at radius 3 is 2.43 bits per heavy atom. The summed E-state index contributed by atoms with van der Waals surface area (Å²) in [5.41, 5.74) is 5.64. The van der Waals surface area contributed by atoms with Crippen LogP contribution in [0, 0.1) is 3.57 Å². The summed E-state index contributed by atoms with van der Waals surface area (Å²) >= 11 is 2.07. The van der Waals surface area contributed by atoms with Crippen molar-refractivity contribution in [2.75, 3.05) is 5.73 Å². The molecule has 0 saturated carbocycles. The van der Waals surface area contributed by atoms with Crippen molar-refractivity contribution in [2.45, 2.75) is 0 Å². The molecule has 70 valence electrons. The second-order valence-electron chi connectivity index (χ2n) is 2.50. The third-order valence-electron chi connectivity index (χ3n) is 1.54. The van der Waals surface area contributed by atoms with E-state index in [1.807, 2.05) is 0 Å². The fraction of sp³-hybridized carbons (Fsp3) is 0. The number of nitrogens with two attached hydrogens (primary N) is 1. The molecule has 0 amide bonds. The molecular weight excluding hydrogens is 293 g/mol. The molecule has 0 radical (unpaired) electrons. The van der Waals surface area contributed by atoms with Crippen molar-refractivity contribution in [2.24, 2.45) is 0 Å². The lowest BCUT2D eigenvalue weighted by molar-refractivity contribution is 1.08. The fourth-order valence-corrected chi connectivity index (χ4v) is 1.16. The van der Waals surface area contributed by atoms with Gasteiger partial charge >= 0.3 is 0 Å². The molecule has 0 saturated heterocycles.